The molecule has 0 atom stereocenters. The lowest BCUT2D eigenvalue weighted by Crippen LogP contribution is -1.98. The number of unbranched alkanes of at least 4 members (excludes halogenated alkanes) is 2. The van der Waals surface area contributed by atoms with Crippen LogP contribution in [0, 0.1) is 12.3 Å². The molecule has 0 fully saturated rings. The molecule has 2 N–H and O–H groups in total. The number of hydrogen-bond donors (Lipinski definition) is 1. The number of aryl methyl sites for hydroxylation is 1. The summed E-state index contributed by atoms with van der Waals surface area (Å²) >= 11 is 0. The molecular weight excluding hydrogens is 170 g/mol. The zero-order valence-corrected chi connectivity index (χ0v) is 8.50. The first-order valence-electron chi connectivity index (χ1n) is 5.12. The van der Waals surface area contributed by atoms with Crippen LogP contribution in [0.4, 0.5) is 0 Å². The zero-order chi connectivity index (χ0) is 10.2. The highest BCUT2D eigenvalue weighted by molar-refractivity contribution is 5.34. The predicted molar refractivity (Wildman–Crippen MR) is 61.0 cm³/mol. The Morgan fingerprint density at radius 3 is 2.36 bits per heavy atom. The average molecular weight is 187 g/mol. The highest BCUT2D eigenvalue weighted by atomic mass is 14.5. The van der Waals surface area contributed by atoms with Gasteiger partial charge >= 0.3 is 0 Å². The SMILES string of the molecule is C#Cc1ccc(CCCCCN)cc1. The van der Waals surface area contributed by atoms with Crippen molar-refractivity contribution < 1.29 is 0 Å². The number of rotatable bonds is 5. The molecule has 74 valence electrons. The Labute approximate surface area is 86.3 Å². The van der Waals surface area contributed by atoms with Crippen molar-refractivity contribution in [1.29, 1.82) is 0 Å². The molecule has 1 aromatic rings. The van der Waals surface area contributed by atoms with Crippen LogP contribution in [0.3, 0.4) is 0 Å². The second-order valence-electron chi connectivity index (χ2n) is 3.44. The van der Waals surface area contributed by atoms with Gasteiger partial charge in [-0.2, -0.15) is 0 Å². The third-order valence-electron chi connectivity index (χ3n) is 2.29. The molecule has 1 aromatic carbocycles. The minimum Gasteiger partial charge on any atom is -0.330 e. The molecule has 0 radical (unpaired) electrons. The first-order valence-corrected chi connectivity index (χ1v) is 5.12. The normalized spacial score (nSPS) is 9.71. The topological polar surface area (TPSA) is 26.0 Å². The largest absolute Gasteiger partial charge is 0.330 e. The van der Waals surface area contributed by atoms with E-state index in [4.69, 9.17) is 12.2 Å². The Morgan fingerprint density at radius 2 is 1.79 bits per heavy atom. The predicted octanol–water partition coefficient (Wildman–Crippen LogP) is 2.34. The Hall–Kier alpha value is -1.26. The highest BCUT2D eigenvalue weighted by Gasteiger charge is 1.93. The molecule has 14 heavy (non-hydrogen) atoms. The van der Waals surface area contributed by atoms with Crippen molar-refractivity contribution >= 4 is 0 Å². The van der Waals surface area contributed by atoms with E-state index in [0.717, 1.165) is 24.9 Å². The highest BCUT2D eigenvalue weighted by Crippen LogP contribution is 2.07. The van der Waals surface area contributed by atoms with Crippen molar-refractivity contribution in [1.82, 2.24) is 0 Å². The Morgan fingerprint density at radius 1 is 1.07 bits per heavy atom. The summed E-state index contributed by atoms with van der Waals surface area (Å²) in [6.07, 6.45) is 9.96. The summed E-state index contributed by atoms with van der Waals surface area (Å²) in [4.78, 5) is 0. The molecule has 0 aromatic heterocycles. The van der Waals surface area contributed by atoms with Gasteiger partial charge in [-0.25, -0.2) is 0 Å². The summed E-state index contributed by atoms with van der Waals surface area (Å²) in [7, 11) is 0. The van der Waals surface area contributed by atoms with E-state index in [2.05, 4.69) is 18.1 Å². The van der Waals surface area contributed by atoms with Crippen molar-refractivity contribution in [3.63, 3.8) is 0 Å². The number of hydrogen-bond acceptors (Lipinski definition) is 1. The molecule has 0 aliphatic carbocycles. The molecule has 0 bridgehead atoms. The fraction of sp³-hybridized carbons (Fsp3) is 0.385. The molecule has 0 unspecified atom stereocenters. The van der Waals surface area contributed by atoms with Crippen LogP contribution in [0.1, 0.15) is 30.4 Å². The van der Waals surface area contributed by atoms with Crippen molar-refractivity contribution in [3.8, 4) is 12.3 Å². The van der Waals surface area contributed by atoms with E-state index < -0.39 is 0 Å². The fourth-order valence-corrected chi connectivity index (χ4v) is 1.42. The second-order valence-corrected chi connectivity index (χ2v) is 3.44. The number of benzene rings is 1. The minimum absolute atomic E-state index is 0.802. The maximum Gasteiger partial charge on any atom is 0.0242 e. The van der Waals surface area contributed by atoms with E-state index >= 15 is 0 Å². The Bertz CT molecular complexity index is 292. The van der Waals surface area contributed by atoms with Gasteiger partial charge in [-0.15, -0.1) is 6.42 Å². The maximum atomic E-state index is 5.42. The Kier molecular flexibility index (Phi) is 4.82. The molecule has 1 nitrogen and oxygen atoms in total. The van der Waals surface area contributed by atoms with E-state index in [-0.39, 0.29) is 0 Å². The minimum atomic E-state index is 0.802. The third kappa shape index (κ3) is 3.64. The van der Waals surface area contributed by atoms with Crippen LogP contribution in [0.5, 0.6) is 0 Å². The quantitative estimate of drug-likeness (QED) is 0.555. The molecule has 1 rings (SSSR count). The van der Waals surface area contributed by atoms with Crippen molar-refractivity contribution in [2.75, 3.05) is 6.54 Å². The van der Waals surface area contributed by atoms with Crippen molar-refractivity contribution in [3.05, 3.63) is 35.4 Å². The van der Waals surface area contributed by atoms with Gasteiger partial charge in [0.2, 0.25) is 0 Å². The van der Waals surface area contributed by atoms with Crippen LogP contribution in [0.2, 0.25) is 0 Å². The van der Waals surface area contributed by atoms with Gasteiger partial charge in [0.25, 0.3) is 0 Å². The van der Waals surface area contributed by atoms with Gasteiger partial charge in [0, 0.05) is 5.56 Å². The Balaban J connectivity index is 2.33. The number of terminal acetylenes is 1. The van der Waals surface area contributed by atoms with E-state index in [0.29, 0.717) is 0 Å². The fourth-order valence-electron chi connectivity index (χ4n) is 1.42. The molecule has 0 heterocycles. The lowest BCUT2D eigenvalue weighted by atomic mass is 10.1. The van der Waals surface area contributed by atoms with Gasteiger partial charge in [-0.05, 0) is 43.5 Å². The average Bonchev–Trinajstić information content (AvgIpc) is 2.25. The summed E-state index contributed by atoms with van der Waals surface area (Å²) in [6, 6.07) is 8.21. The summed E-state index contributed by atoms with van der Waals surface area (Å²) in [5.74, 6) is 2.61. The summed E-state index contributed by atoms with van der Waals surface area (Å²) in [5.41, 5.74) is 7.74. The lowest BCUT2D eigenvalue weighted by Gasteiger charge is -2.00. The van der Waals surface area contributed by atoms with E-state index in [9.17, 15) is 0 Å². The van der Waals surface area contributed by atoms with Crippen LogP contribution in [-0.4, -0.2) is 6.54 Å². The van der Waals surface area contributed by atoms with Gasteiger partial charge in [0.15, 0.2) is 0 Å². The summed E-state index contributed by atoms with van der Waals surface area (Å²) in [5, 5.41) is 0. The smallest absolute Gasteiger partial charge is 0.0242 e. The van der Waals surface area contributed by atoms with E-state index in [1.165, 1.54) is 18.4 Å². The van der Waals surface area contributed by atoms with Gasteiger partial charge in [-0.1, -0.05) is 24.5 Å². The molecule has 0 saturated heterocycles. The first kappa shape index (κ1) is 10.8. The molecule has 1 heteroatoms. The first-order chi connectivity index (χ1) is 6.86. The van der Waals surface area contributed by atoms with Gasteiger partial charge < -0.3 is 5.73 Å². The molecule has 0 aliphatic heterocycles. The monoisotopic (exact) mass is 187 g/mol. The van der Waals surface area contributed by atoms with Crippen LogP contribution in [0.25, 0.3) is 0 Å². The van der Waals surface area contributed by atoms with Crippen LogP contribution in [-0.2, 0) is 6.42 Å². The molecule has 0 aliphatic rings. The van der Waals surface area contributed by atoms with Crippen LogP contribution >= 0.6 is 0 Å². The standard InChI is InChI=1S/C13H17N/c1-2-12-7-9-13(10-8-12)6-4-3-5-11-14/h1,7-10H,3-6,11,14H2. The summed E-state index contributed by atoms with van der Waals surface area (Å²) < 4.78 is 0. The second kappa shape index (κ2) is 6.23. The lowest BCUT2D eigenvalue weighted by molar-refractivity contribution is 0.686. The van der Waals surface area contributed by atoms with E-state index in [1.807, 2.05) is 12.1 Å². The van der Waals surface area contributed by atoms with Crippen molar-refractivity contribution in [2.45, 2.75) is 25.7 Å². The van der Waals surface area contributed by atoms with Gasteiger partial charge in [0.05, 0.1) is 0 Å². The molecular formula is C13H17N. The number of nitrogens with two attached hydrogens (primary N) is 1. The van der Waals surface area contributed by atoms with Gasteiger partial charge in [-0.3, -0.25) is 0 Å². The van der Waals surface area contributed by atoms with Crippen LogP contribution < -0.4 is 5.73 Å². The third-order valence-corrected chi connectivity index (χ3v) is 2.29. The molecule has 0 saturated carbocycles. The molecule has 0 spiro atoms. The molecule has 0 amide bonds. The van der Waals surface area contributed by atoms with Crippen LogP contribution in [0.15, 0.2) is 24.3 Å². The van der Waals surface area contributed by atoms with Crippen molar-refractivity contribution in [2.24, 2.45) is 5.73 Å². The maximum absolute atomic E-state index is 5.42. The summed E-state index contributed by atoms with van der Waals surface area (Å²) in [6.45, 7) is 0.802. The zero-order valence-electron chi connectivity index (χ0n) is 8.50. The van der Waals surface area contributed by atoms with Gasteiger partial charge in [0.1, 0.15) is 0 Å². The van der Waals surface area contributed by atoms with E-state index in [1.54, 1.807) is 0 Å².